The van der Waals surface area contributed by atoms with Gasteiger partial charge in [0.2, 0.25) is 0 Å². The van der Waals surface area contributed by atoms with Crippen LogP contribution >= 0.6 is 0 Å². The lowest BCUT2D eigenvalue weighted by Gasteiger charge is -2.21. The molecule has 0 spiro atoms. The minimum atomic E-state index is -0.703. The Bertz CT molecular complexity index is 1230. The minimum absolute atomic E-state index is 0.00926. The van der Waals surface area contributed by atoms with Gasteiger partial charge in [-0.3, -0.25) is 0 Å². The van der Waals surface area contributed by atoms with Crippen LogP contribution in [0, 0.1) is 5.92 Å². The molecule has 3 aromatic rings. The Morgan fingerprint density at radius 2 is 1.72 bits per heavy atom. The summed E-state index contributed by atoms with van der Waals surface area (Å²) < 4.78 is 33.7. The number of fused-ring (bicyclic) bond motifs is 2. The Kier molecular flexibility index (Phi) is 5.64. The lowest BCUT2D eigenvalue weighted by molar-refractivity contribution is 0.00423. The van der Waals surface area contributed by atoms with Gasteiger partial charge >= 0.3 is 5.63 Å². The smallest absolute Gasteiger partial charge is 0.347 e. The van der Waals surface area contributed by atoms with Crippen molar-refractivity contribution in [2.75, 3.05) is 28.4 Å². The Morgan fingerprint density at radius 3 is 2.31 bits per heavy atom. The van der Waals surface area contributed by atoms with Gasteiger partial charge in [-0.05, 0) is 23.6 Å². The van der Waals surface area contributed by atoms with E-state index in [0.29, 0.717) is 34.1 Å². The van der Waals surface area contributed by atoms with Crippen LogP contribution in [0.25, 0.3) is 22.1 Å². The summed E-state index contributed by atoms with van der Waals surface area (Å²) in [5.41, 5.74) is 0.532. The number of hydrogen-bond acceptors (Lipinski definition) is 8. The van der Waals surface area contributed by atoms with E-state index in [9.17, 15) is 9.90 Å². The highest BCUT2D eigenvalue weighted by molar-refractivity contribution is 5.97. The molecule has 1 aromatic heterocycles. The highest BCUT2D eigenvalue weighted by atomic mass is 16.6. The van der Waals surface area contributed by atoms with E-state index >= 15 is 0 Å². The van der Waals surface area contributed by atoms with Gasteiger partial charge in [0.15, 0.2) is 11.5 Å². The molecule has 8 nitrogen and oxygen atoms in total. The molecule has 1 N–H and O–H groups in total. The van der Waals surface area contributed by atoms with E-state index in [-0.39, 0.29) is 34.3 Å². The first-order valence-electron chi connectivity index (χ1n) is 10.2. The predicted octanol–water partition coefficient (Wildman–Crippen LogP) is 4.30. The zero-order valence-corrected chi connectivity index (χ0v) is 18.8. The average molecular weight is 442 g/mol. The van der Waals surface area contributed by atoms with Gasteiger partial charge in [-0.25, -0.2) is 4.79 Å². The summed E-state index contributed by atoms with van der Waals surface area (Å²) in [6, 6.07) is 6.50. The molecular formula is C24H26O8. The summed E-state index contributed by atoms with van der Waals surface area (Å²) >= 11 is 0. The minimum Gasteiger partial charge on any atom is -0.506 e. The van der Waals surface area contributed by atoms with Gasteiger partial charge in [0.05, 0.1) is 26.9 Å². The zero-order chi connectivity index (χ0) is 23.2. The summed E-state index contributed by atoms with van der Waals surface area (Å²) in [7, 11) is 6.10. The fraction of sp³-hybridized carbons (Fsp3) is 0.375. The lowest BCUT2D eigenvalue weighted by atomic mass is 9.95. The molecule has 4 rings (SSSR count). The molecule has 32 heavy (non-hydrogen) atoms. The van der Waals surface area contributed by atoms with Crippen molar-refractivity contribution in [2.24, 2.45) is 5.92 Å². The van der Waals surface area contributed by atoms with Crippen molar-refractivity contribution in [1.29, 1.82) is 0 Å². The van der Waals surface area contributed by atoms with Crippen LogP contribution in [0.4, 0.5) is 0 Å². The summed E-state index contributed by atoms with van der Waals surface area (Å²) in [6.45, 7) is 4.06. The SMILES string of the molecule is COc1ccc(-c2c(O)c3c(OC)c4c(cc3oc2=O)OC(C(C)C)C4OC)cc1OC. The first-order chi connectivity index (χ1) is 15.4. The maximum absolute atomic E-state index is 12.9. The number of ether oxygens (including phenoxy) is 5. The van der Waals surface area contributed by atoms with E-state index in [2.05, 4.69) is 0 Å². The van der Waals surface area contributed by atoms with Gasteiger partial charge in [-0.1, -0.05) is 19.9 Å². The maximum Gasteiger partial charge on any atom is 0.347 e. The van der Waals surface area contributed by atoms with Crippen molar-refractivity contribution < 1.29 is 33.2 Å². The van der Waals surface area contributed by atoms with Crippen molar-refractivity contribution in [3.63, 3.8) is 0 Å². The second-order valence-corrected chi connectivity index (χ2v) is 7.86. The second-order valence-electron chi connectivity index (χ2n) is 7.86. The molecule has 0 saturated carbocycles. The molecule has 1 aliphatic heterocycles. The summed E-state index contributed by atoms with van der Waals surface area (Å²) in [5.74, 6) is 1.65. The number of hydrogen-bond donors (Lipinski definition) is 1. The molecule has 8 heteroatoms. The first-order valence-corrected chi connectivity index (χ1v) is 10.2. The third-order valence-corrected chi connectivity index (χ3v) is 5.76. The van der Waals surface area contributed by atoms with Crippen LogP contribution in [-0.4, -0.2) is 39.6 Å². The summed E-state index contributed by atoms with van der Waals surface area (Å²) in [5, 5.41) is 11.5. The van der Waals surface area contributed by atoms with E-state index in [4.69, 9.17) is 28.1 Å². The van der Waals surface area contributed by atoms with Crippen LogP contribution in [0.15, 0.2) is 33.5 Å². The van der Waals surface area contributed by atoms with Crippen LogP contribution in [0.1, 0.15) is 25.5 Å². The molecule has 2 unspecified atom stereocenters. The number of benzene rings is 2. The molecule has 2 aromatic carbocycles. The van der Waals surface area contributed by atoms with Crippen molar-refractivity contribution in [1.82, 2.24) is 0 Å². The molecule has 0 bridgehead atoms. The van der Waals surface area contributed by atoms with Gasteiger partial charge in [-0.15, -0.1) is 0 Å². The Labute approximate surface area is 185 Å². The number of aromatic hydroxyl groups is 1. The van der Waals surface area contributed by atoms with Gasteiger partial charge in [0, 0.05) is 13.2 Å². The molecule has 0 radical (unpaired) electrons. The van der Waals surface area contributed by atoms with E-state index in [1.54, 1.807) is 31.4 Å². The van der Waals surface area contributed by atoms with Crippen LogP contribution in [0.2, 0.25) is 0 Å². The molecule has 170 valence electrons. The van der Waals surface area contributed by atoms with Gasteiger partial charge in [-0.2, -0.15) is 0 Å². The summed E-state index contributed by atoms with van der Waals surface area (Å²) in [6.07, 6.45) is -0.653. The quantitative estimate of drug-likeness (QED) is 0.565. The number of methoxy groups -OCH3 is 4. The van der Waals surface area contributed by atoms with Gasteiger partial charge < -0.3 is 33.2 Å². The zero-order valence-electron chi connectivity index (χ0n) is 18.8. The highest BCUT2D eigenvalue weighted by Gasteiger charge is 2.41. The molecule has 1 aliphatic rings. The highest BCUT2D eigenvalue weighted by Crippen LogP contribution is 2.52. The molecule has 0 aliphatic carbocycles. The summed E-state index contributed by atoms with van der Waals surface area (Å²) in [4.78, 5) is 12.9. The standard InChI is InChI=1S/C24H26O8/c1-11(2)21-23(30-6)19-16(31-21)10-15-18(22(19)29-5)20(25)17(24(26)32-15)12-7-8-13(27-3)14(9-12)28-4/h7-11,21,23,25H,1-6H3. The van der Waals surface area contributed by atoms with E-state index < -0.39 is 11.7 Å². The topological polar surface area (TPSA) is 96.6 Å². The lowest BCUT2D eigenvalue weighted by Crippen LogP contribution is -2.26. The Balaban J connectivity index is 2.01. The van der Waals surface area contributed by atoms with Gasteiger partial charge in [0.25, 0.3) is 0 Å². The number of rotatable bonds is 6. The van der Waals surface area contributed by atoms with E-state index in [0.717, 1.165) is 0 Å². The molecular weight excluding hydrogens is 416 g/mol. The maximum atomic E-state index is 12.9. The van der Waals surface area contributed by atoms with E-state index in [1.807, 2.05) is 13.8 Å². The van der Waals surface area contributed by atoms with Crippen LogP contribution < -0.4 is 24.6 Å². The monoisotopic (exact) mass is 442 g/mol. The Hall–Kier alpha value is -3.39. The molecule has 2 heterocycles. The van der Waals surface area contributed by atoms with Crippen molar-refractivity contribution >= 4 is 11.0 Å². The van der Waals surface area contributed by atoms with Crippen LogP contribution in [0.3, 0.4) is 0 Å². The van der Waals surface area contributed by atoms with Crippen LogP contribution in [0.5, 0.6) is 28.7 Å². The molecule has 2 atom stereocenters. The average Bonchev–Trinajstić information content (AvgIpc) is 3.16. The fourth-order valence-electron chi connectivity index (χ4n) is 4.24. The molecule has 0 fully saturated rings. The van der Waals surface area contributed by atoms with Crippen molar-refractivity contribution in [3.8, 4) is 39.9 Å². The molecule has 0 saturated heterocycles. The largest absolute Gasteiger partial charge is 0.506 e. The third kappa shape index (κ3) is 3.22. The third-order valence-electron chi connectivity index (χ3n) is 5.76. The first kappa shape index (κ1) is 21.8. The van der Waals surface area contributed by atoms with Crippen LogP contribution in [-0.2, 0) is 4.74 Å². The molecule has 0 amide bonds. The van der Waals surface area contributed by atoms with Crippen molar-refractivity contribution in [2.45, 2.75) is 26.1 Å². The second kappa shape index (κ2) is 8.27. The fourth-order valence-corrected chi connectivity index (χ4v) is 4.24. The normalized spacial score (nSPS) is 17.3. The predicted molar refractivity (Wildman–Crippen MR) is 118 cm³/mol. The van der Waals surface area contributed by atoms with Crippen molar-refractivity contribution in [3.05, 3.63) is 40.2 Å². The van der Waals surface area contributed by atoms with E-state index in [1.165, 1.54) is 21.3 Å². The van der Waals surface area contributed by atoms with Gasteiger partial charge in [0.1, 0.15) is 46.0 Å². The Morgan fingerprint density at radius 1 is 1.00 bits per heavy atom.